The third-order valence-electron chi connectivity index (χ3n) is 3.24. The molecule has 0 radical (unpaired) electrons. The summed E-state index contributed by atoms with van der Waals surface area (Å²) in [5.41, 5.74) is 3.55. The van der Waals surface area contributed by atoms with Gasteiger partial charge in [-0.3, -0.25) is 0 Å². The molecule has 0 aliphatic heterocycles. The number of ether oxygens (including phenoxy) is 1. The van der Waals surface area contributed by atoms with E-state index in [0.29, 0.717) is 0 Å². The standard InChI is InChI=1S/C17H20ClNO/c1-4-19-11-14-5-6-15(9-12(14)2)20-16-7-8-17(18)13(3)10-16/h5-10,19H,4,11H2,1-3H3. The van der Waals surface area contributed by atoms with Gasteiger partial charge in [-0.2, -0.15) is 0 Å². The van der Waals surface area contributed by atoms with Crippen molar-refractivity contribution in [2.24, 2.45) is 0 Å². The van der Waals surface area contributed by atoms with Crippen LogP contribution in [0.5, 0.6) is 11.5 Å². The van der Waals surface area contributed by atoms with Gasteiger partial charge in [0.2, 0.25) is 0 Å². The van der Waals surface area contributed by atoms with E-state index in [2.05, 4.69) is 31.3 Å². The van der Waals surface area contributed by atoms with Crippen molar-refractivity contribution in [2.75, 3.05) is 6.54 Å². The molecule has 0 aliphatic rings. The Morgan fingerprint density at radius 1 is 1.00 bits per heavy atom. The van der Waals surface area contributed by atoms with Crippen molar-refractivity contribution in [1.29, 1.82) is 0 Å². The van der Waals surface area contributed by atoms with E-state index >= 15 is 0 Å². The van der Waals surface area contributed by atoms with Gasteiger partial charge in [0.15, 0.2) is 0 Å². The van der Waals surface area contributed by atoms with Gasteiger partial charge in [-0.15, -0.1) is 0 Å². The van der Waals surface area contributed by atoms with Crippen molar-refractivity contribution in [2.45, 2.75) is 27.3 Å². The Labute approximate surface area is 125 Å². The van der Waals surface area contributed by atoms with Gasteiger partial charge in [-0.05, 0) is 67.4 Å². The highest BCUT2D eigenvalue weighted by Crippen LogP contribution is 2.27. The van der Waals surface area contributed by atoms with E-state index < -0.39 is 0 Å². The number of rotatable bonds is 5. The van der Waals surface area contributed by atoms with E-state index in [1.807, 2.05) is 31.2 Å². The molecular weight excluding hydrogens is 270 g/mol. The van der Waals surface area contributed by atoms with Crippen LogP contribution in [0.15, 0.2) is 36.4 Å². The predicted octanol–water partition coefficient (Wildman–Crippen LogP) is 4.86. The van der Waals surface area contributed by atoms with E-state index in [0.717, 1.165) is 35.2 Å². The molecule has 2 aromatic carbocycles. The first-order chi connectivity index (χ1) is 9.60. The van der Waals surface area contributed by atoms with Crippen LogP contribution >= 0.6 is 11.6 Å². The molecule has 2 rings (SSSR count). The van der Waals surface area contributed by atoms with Crippen molar-refractivity contribution < 1.29 is 4.74 Å². The molecule has 0 bridgehead atoms. The van der Waals surface area contributed by atoms with Gasteiger partial charge in [0, 0.05) is 11.6 Å². The third kappa shape index (κ3) is 3.75. The smallest absolute Gasteiger partial charge is 0.127 e. The summed E-state index contributed by atoms with van der Waals surface area (Å²) in [5, 5.41) is 4.09. The molecule has 1 N–H and O–H groups in total. The van der Waals surface area contributed by atoms with Crippen molar-refractivity contribution in [3.05, 3.63) is 58.1 Å². The van der Waals surface area contributed by atoms with E-state index in [9.17, 15) is 0 Å². The molecule has 2 nitrogen and oxygen atoms in total. The summed E-state index contributed by atoms with van der Waals surface area (Å²) in [6.45, 7) is 8.05. The van der Waals surface area contributed by atoms with E-state index in [-0.39, 0.29) is 0 Å². The number of halogens is 1. The fourth-order valence-corrected chi connectivity index (χ4v) is 2.12. The Morgan fingerprint density at radius 2 is 1.65 bits per heavy atom. The molecule has 0 aromatic heterocycles. The normalized spacial score (nSPS) is 10.6. The van der Waals surface area contributed by atoms with Crippen LogP contribution < -0.4 is 10.1 Å². The van der Waals surface area contributed by atoms with E-state index in [1.165, 1.54) is 11.1 Å². The van der Waals surface area contributed by atoms with Crippen LogP contribution in [0.3, 0.4) is 0 Å². The van der Waals surface area contributed by atoms with Crippen LogP contribution in [-0.4, -0.2) is 6.54 Å². The zero-order valence-corrected chi connectivity index (χ0v) is 12.9. The monoisotopic (exact) mass is 289 g/mol. The Kier molecular flexibility index (Phi) is 5.05. The van der Waals surface area contributed by atoms with Gasteiger partial charge in [0.05, 0.1) is 0 Å². The highest BCUT2D eigenvalue weighted by atomic mass is 35.5. The average Bonchev–Trinajstić information content (AvgIpc) is 2.42. The molecule has 0 unspecified atom stereocenters. The molecule has 0 atom stereocenters. The van der Waals surface area contributed by atoms with Crippen LogP contribution in [0.4, 0.5) is 0 Å². The molecule has 2 aromatic rings. The topological polar surface area (TPSA) is 21.3 Å². The van der Waals surface area contributed by atoms with Gasteiger partial charge in [-0.1, -0.05) is 24.6 Å². The Hall–Kier alpha value is -1.51. The highest BCUT2D eigenvalue weighted by Gasteiger charge is 2.03. The molecular formula is C17H20ClNO. The summed E-state index contributed by atoms with van der Waals surface area (Å²) in [6.07, 6.45) is 0. The first-order valence-electron chi connectivity index (χ1n) is 6.84. The third-order valence-corrected chi connectivity index (χ3v) is 3.67. The second kappa shape index (κ2) is 6.78. The maximum Gasteiger partial charge on any atom is 0.127 e. The molecule has 0 fully saturated rings. The minimum absolute atomic E-state index is 0.759. The van der Waals surface area contributed by atoms with Crippen LogP contribution in [0.1, 0.15) is 23.6 Å². The van der Waals surface area contributed by atoms with Crippen LogP contribution in [0, 0.1) is 13.8 Å². The summed E-state index contributed by atoms with van der Waals surface area (Å²) < 4.78 is 5.88. The lowest BCUT2D eigenvalue weighted by molar-refractivity contribution is 0.481. The second-order valence-electron chi connectivity index (χ2n) is 4.88. The maximum absolute atomic E-state index is 6.02. The number of hydrogen-bond acceptors (Lipinski definition) is 2. The van der Waals surface area contributed by atoms with Crippen molar-refractivity contribution in [3.8, 4) is 11.5 Å². The van der Waals surface area contributed by atoms with Gasteiger partial charge in [0.25, 0.3) is 0 Å². The fourth-order valence-electron chi connectivity index (χ4n) is 2.01. The van der Waals surface area contributed by atoms with E-state index in [4.69, 9.17) is 16.3 Å². The lowest BCUT2D eigenvalue weighted by Crippen LogP contribution is -2.12. The van der Waals surface area contributed by atoms with Gasteiger partial charge in [-0.25, -0.2) is 0 Å². The number of hydrogen-bond donors (Lipinski definition) is 1. The molecule has 20 heavy (non-hydrogen) atoms. The maximum atomic E-state index is 6.02. The molecule has 0 saturated heterocycles. The first-order valence-corrected chi connectivity index (χ1v) is 7.22. The Balaban J connectivity index is 2.13. The summed E-state index contributed by atoms with van der Waals surface area (Å²) in [5.74, 6) is 1.66. The molecule has 0 spiro atoms. The molecule has 0 saturated carbocycles. The van der Waals surface area contributed by atoms with Gasteiger partial charge < -0.3 is 10.1 Å². The van der Waals surface area contributed by atoms with Crippen LogP contribution in [0.2, 0.25) is 5.02 Å². The van der Waals surface area contributed by atoms with Gasteiger partial charge in [0.1, 0.15) is 11.5 Å². The number of aryl methyl sites for hydroxylation is 2. The minimum Gasteiger partial charge on any atom is -0.457 e. The summed E-state index contributed by atoms with van der Waals surface area (Å²) in [7, 11) is 0. The van der Waals surface area contributed by atoms with Crippen LogP contribution in [0.25, 0.3) is 0 Å². The van der Waals surface area contributed by atoms with Gasteiger partial charge >= 0.3 is 0 Å². The highest BCUT2D eigenvalue weighted by molar-refractivity contribution is 6.31. The van der Waals surface area contributed by atoms with Crippen molar-refractivity contribution in [1.82, 2.24) is 5.32 Å². The van der Waals surface area contributed by atoms with Crippen molar-refractivity contribution in [3.63, 3.8) is 0 Å². The Morgan fingerprint density at radius 3 is 2.25 bits per heavy atom. The lowest BCUT2D eigenvalue weighted by Gasteiger charge is -2.11. The Bertz CT molecular complexity index is 596. The summed E-state index contributed by atoms with van der Waals surface area (Å²) >= 11 is 6.02. The fraction of sp³-hybridized carbons (Fsp3) is 0.294. The van der Waals surface area contributed by atoms with Crippen LogP contribution in [-0.2, 0) is 6.54 Å². The largest absolute Gasteiger partial charge is 0.457 e. The molecule has 106 valence electrons. The van der Waals surface area contributed by atoms with Crippen molar-refractivity contribution >= 4 is 11.6 Å². The first kappa shape index (κ1) is 14.9. The summed E-state index contributed by atoms with van der Waals surface area (Å²) in [4.78, 5) is 0. The van der Waals surface area contributed by atoms with E-state index in [1.54, 1.807) is 0 Å². The zero-order valence-electron chi connectivity index (χ0n) is 12.2. The molecule has 0 aliphatic carbocycles. The lowest BCUT2D eigenvalue weighted by atomic mass is 10.1. The number of benzene rings is 2. The second-order valence-corrected chi connectivity index (χ2v) is 5.29. The summed E-state index contributed by atoms with van der Waals surface area (Å²) in [6, 6.07) is 11.9. The average molecular weight is 290 g/mol. The minimum atomic E-state index is 0.759. The quantitative estimate of drug-likeness (QED) is 0.849. The SMILES string of the molecule is CCNCc1ccc(Oc2ccc(Cl)c(C)c2)cc1C. The predicted molar refractivity (Wildman–Crippen MR) is 84.8 cm³/mol. The molecule has 0 heterocycles. The number of nitrogens with one attached hydrogen (secondary N) is 1. The molecule has 3 heteroatoms. The zero-order chi connectivity index (χ0) is 14.5. The molecule has 0 amide bonds.